The fourth-order valence-electron chi connectivity index (χ4n) is 3.40. The Bertz CT molecular complexity index is 686. The first kappa shape index (κ1) is 17.4. The van der Waals surface area contributed by atoms with Crippen molar-refractivity contribution < 1.29 is 19.0 Å². The van der Waals surface area contributed by atoms with Crippen LogP contribution >= 0.6 is 0 Å². The van der Waals surface area contributed by atoms with Crippen molar-refractivity contribution in [3.63, 3.8) is 0 Å². The van der Waals surface area contributed by atoms with Gasteiger partial charge in [-0.1, -0.05) is 10.3 Å². The van der Waals surface area contributed by atoms with Crippen LogP contribution in [-0.2, 0) is 20.8 Å². The minimum atomic E-state index is -0.241. The molecule has 1 aromatic rings. The van der Waals surface area contributed by atoms with E-state index < -0.39 is 0 Å². The number of likely N-dealkylation sites (N-methyl/N-ethyl adjacent to an activating group) is 1. The van der Waals surface area contributed by atoms with Crippen molar-refractivity contribution in [3.05, 3.63) is 11.4 Å². The molecule has 2 atom stereocenters. The topological polar surface area (TPSA) is 99.8 Å². The number of carbonyl (C=O) groups is 3. The van der Waals surface area contributed by atoms with E-state index in [0.717, 1.165) is 12.8 Å². The van der Waals surface area contributed by atoms with Crippen molar-refractivity contribution in [2.75, 3.05) is 33.7 Å². The smallest absolute Gasteiger partial charge is 0.241 e. The molecule has 1 aromatic heterocycles. The molecule has 3 aliphatic rings. The van der Waals surface area contributed by atoms with Crippen LogP contribution in [0.2, 0.25) is 0 Å². The molecule has 136 valence electrons. The summed E-state index contributed by atoms with van der Waals surface area (Å²) in [6, 6.07) is -0.115. The molecule has 25 heavy (non-hydrogen) atoms. The first-order valence-corrected chi connectivity index (χ1v) is 8.43. The van der Waals surface area contributed by atoms with E-state index in [1.54, 1.807) is 30.8 Å². The molecule has 9 nitrogen and oxygen atoms in total. The van der Waals surface area contributed by atoms with Gasteiger partial charge < -0.3 is 14.7 Å². The zero-order valence-corrected chi connectivity index (χ0v) is 14.8. The van der Waals surface area contributed by atoms with Crippen LogP contribution in [0.5, 0.6) is 0 Å². The molecule has 3 fully saturated rings. The Hall–Kier alpha value is -2.45. The van der Waals surface area contributed by atoms with Crippen LogP contribution in [0.25, 0.3) is 0 Å². The normalized spacial score (nSPS) is 22.9. The third kappa shape index (κ3) is 3.49. The lowest BCUT2D eigenvalue weighted by Gasteiger charge is -2.35. The number of hydrogen-bond donors (Lipinski definition) is 0. The number of rotatable bonds is 4. The van der Waals surface area contributed by atoms with Gasteiger partial charge in [0.2, 0.25) is 17.7 Å². The van der Waals surface area contributed by atoms with Crippen LogP contribution in [0.15, 0.2) is 4.63 Å². The molecule has 0 unspecified atom stereocenters. The van der Waals surface area contributed by atoms with E-state index in [4.69, 9.17) is 0 Å². The number of hydrogen-bond acceptors (Lipinski definition) is 6. The van der Waals surface area contributed by atoms with E-state index in [1.165, 1.54) is 4.90 Å². The number of nitrogens with zero attached hydrogens (tertiary/aromatic N) is 5. The monoisotopic (exact) mass is 349 g/mol. The van der Waals surface area contributed by atoms with Gasteiger partial charge in [-0.15, -0.1) is 0 Å². The summed E-state index contributed by atoms with van der Waals surface area (Å²) in [6.07, 6.45) is 1.68. The zero-order chi connectivity index (χ0) is 18.1. The maximum atomic E-state index is 12.7. The Morgan fingerprint density at radius 2 is 2.00 bits per heavy atom. The summed E-state index contributed by atoms with van der Waals surface area (Å²) in [5.41, 5.74) is 1.12. The summed E-state index contributed by atoms with van der Waals surface area (Å²) in [5.74, 6) is -0.470. The maximum Gasteiger partial charge on any atom is 0.241 e. The standard InChI is InChI=1S/C16H23N5O4/c1-10-13(18-25-17-10)6-14(22)20-7-11-4-5-12(8-20)21(16(11)24)9-15(23)19(2)3/h11-12H,4-9H2,1-3H3/t11-,12+/m0/s1. The Balaban J connectivity index is 1.72. The molecule has 0 saturated carbocycles. The Labute approximate surface area is 145 Å². The first-order chi connectivity index (χ1) is 11.9. The number of aryl methyl sites for hydroxylation is 1. The third-order valence-corrected chi connectivity index (χ3v) is 5.02. The molecule has 0 aromatic carbocycles. The highest BCUT2D eigenvalue weighted by atomic mass is 16.6. The number of fused-ring (bicyclic) bond motifs is 4. The molecule has 3 amide bonds. The van der Waals surface area contributed by atoms with Crippen LogP contribution < -0.4 is 0 Å². The summed E-state index contributed by atoms with van der Waals surface area (Å²) < 4.78 is 4.64. The van der Waals surface area contributed by atoms with Gasteiger partial charge in [0.1, 0.15) is 17.9 Å². The van der Waals surface area contributed by atoms with Crippen molar-refractivity contribution in [2.45, 2.75) is 32.2 Å². The molecular formula is C16H23N5O4. The van der Waals surface area contributed by atoms with Crippen molar-refractivity contribution in [2.24, 2.45) is 5.92 Å². The fourth-order valence-corrected chi connectivity index (χ4v) is 3.40. The number of aromatic nitrogens is 2. The molecule has 0 radical (unpaired) electrons. The quantitative estimate of drug-likeness (QED) is 0.724. The molecule has 0 N–H and O–H groups in total. The zero-order valence-electron chi connectivity index (χ0n) is 14.8. The van der Waals surface area contributed by atoms with Crippen molar-refractivity contribution >= 4 is 17.7 Å². The second kappa shape index (κ2) is 6.81. The lowest BCUT2D eigenvalue weighted by Crippen LogP contribution is -2.51. The van der Waals surface area contributed by atoms with Gasteiger partial charge in [0.05, 0.1) is 12.3 Å². The van der Waals surface area contributed by atoms with Crippen molar-refractivity contribution in [3.8, 4) is 0 Å². The van der Waals surface area contributed by atoms with E-state index in [-0.39, 0.29) is 42.6 Å². The molecule has 9 heteroatoms. The lowest BCUT2D eigenvalue weighted by molar-refractivity contribution is -0.145. The summed E-state index contributed by atoms with van der Waals surface area (Å²) in [5, 5.41) is 7.44. The van der Waals surface area contributed by atoms with E-state index in [2.05, 4.69) is 14.9 Å². The second-order valence-corrected chi connectivity index (χ2v) is 6.95. The van der Waals surface area contributed by atoms with Crippen molar-refractivity contribution in [1.29, 1.82) is 0 Å². The molecule has 2 bridgehead atoms. The van der Waals surface area contributed by atoms with Gasteiger partial charge in [-0.25, -0.2) is 4.63 Å². The largest absolute Gasteiger partial charge is 0.347 e. The average Bonchev–Trinajstić information content (AvgIpc) is 2.80. The molecule has 0 spiro atoms. The van der Waals surface area contributed by atoms with Crippen LogP contribution in [0.1, 0.15) is 24.2 Å². The van der Waals surface area contributed by atoms with Crippen LogP contribution in [0.4, 0.5) is 0 Å². The van der Waals surface area contributed by atoms with Crippen LogP contribution in [0.3, 0.4) is 0 Å². The minimum Gasteiger partial charge on any atom is -0.347 e. The number of piperidine rings is 1. The third-order valence-electron chi connectivity index (χ3n) is 5.02. The highest BCUT2D eigenvalue weighted by Crippen LogP contribution is 2.29. The van der Waals surface area contributed by atoms with E-state index >= 15 is 0 Å². The minimum absolute atomic E-state index is 0.0268. The van der Waals surface area contributed by atoms with Crippen LogP contribution in [0, 0.1) is 12.8 Å². The van der Waals surface area contributed by atoms with Crippen LogP contribution in [-0.4, -0.2) is 82.5 Å². The predicted molar refractivity (Wildman–Crippen MR) is 86.2 cm³/mol. The molecule has 4 heterocycles. The lowest BCUT2D eigenvalue weighted by atomic mass is 9.94. The second-order valence-electron chi connectivity index (χ2n) is 6.95. The molecule has 3 aliphatic heterocycles. The van der Waals surface area contributed by atoms with Gasteiger partial charge in [-0.2, -0.15) is 0 Å². The Kier molecular flexibility index (Phi) is 4.73. The average molecular weight is 349 g/mol. The molecular weight excluding hydrogens is 326 g/mol. The van der Waals surface area contributed by atoms with Gasteiger partial charge in [-0.3, -0.25) is 14.4 Å². The van der Waals surface area contributed by atoms with Gasteiger partial charge in [0.25, 0.3) is 0 Å². The summed E-state index contributed by atoms with van der Waals surface area (Å²) >= 11 is 0. The van der Waals surface area contributed by atoms with E-state index in [1.807, 2.05) is 0 Å². The van der Waals surface area contributed by atoms with Gasteiger partial charge in [-0.05, 0) is 19.8 Å². The highest BCUT2D eigenvalue weighted by Gasteiger charge is 2.42. The van der Waals surface area contributed by atoms with E-state index in [9.17, 15) is 14.4 Å². The molecule has 4 rings (SSSR count). The molecule has 3 saturated heterocycles. The highest BCUT2D eigenvalue weighted by molar-refractivity contribution is 5.88. The Morgan fingerprint density at radius 1 is 1.24 bits per heavy atom. The number of amides is 3. The fraction of sp³-hybridized carbons (Fsp3) is 0.688. The predicted octanol–water partition coefficient (Wildman–Crippen LogP) is -0.542. The van der Waals surface area contributed by atoms with Gasteiger partial charge in [0, 0.05) is 33.2 Å². The van der Waals surface area contributed by atoms with Crippen molar-refractivity contribution in [1.82, 2.24) is 25.0 Å². The SMILES string of the molecule is Cc1nonc1CC(=O)N1C[C@@H]2CC[C@H](C1)N(CC(=O)N(C)C)C2=O. The number of carbonyl (C=O) groups excluding carboxylic acids is 3. The van der Waals surface area contributed by atoms with E-state index in [0.29, 0.717) is 24.5 Å². The Morgan fingerprint density at radius 3 is 2.64 bits per heavy atom. The summed E-state index contributed by atoms with van der Waals surface area (Å²) in [6.45, 7) is 2.65. The summed E-state index contributed by atoms with van der Waals surface area (Å²) in [4.78, 5) is 42.2. The molecule has 0 aliphatic carbocycles. The van der Waals surface area contributed by atoms with Gasteiger partial charge in [0.15, 0.2) is 0 Å². The first-order valence-electron chi connectivity index (χ1n) is 8.43. The maximum absolute atomic E-state index is 12.7. The van der Waals surface area contributed by atoms with Gasteiger partial charge >= 0.3 is 0 Å². The summed E-state index contributed by atoms with van der Waals surface area (Å²) in [7, 11) is 3.35.